The van der Waals surface area contributed by atoms with Crippen LogP contribution in [-0.2, 0) is 33.6 Å². The van der Waals surface area contributed by atoms with Gasteiger partial charge in [0.1, 0.15) is 36.3 Å². The Morgan fingerprint density at radius 2 is 1.07 bits per heavy atom. The first kappa shape index (κ1) is 41.4. The van der Waals surface area contributed by atoms with Gasteiger partial charge in [-0.2, -0.15) is 0 Å². The van der Waals surface area contributed by atoms with Crippen molar-refractivity contribution in [3.63, 3.8) is 0 Å². The van der Waals surface area contributed by atoms with Gasteiger partial charge in [0.05, 0.1) is 13.2 Å². The van der Waals surface area contributed by atoms with Gasteiger partial charge < -0.3 is 64.4 Å². The number of aliphatic hydroxyl groups excluding tert-OH is 2. The summed E-state index contributed by atoms with van der Waals surface area (Å²) >= 11 is 0. The van der Waals surface area contributed by atoms with Crippen molar-refractivity contribution < 1.29 is 48.9 Å². The number of nitrogens with one attached hydrogen (secondary N) is 6. The number of nitrogens with zero attached hydrogens (tertiary/aromatic N) is 1. The number of carbonyl (C=O) groups excluding carboxylic acids is 6. The second-order valence-electron chi connectivity index (χ2n) is 10.3. The number of nitrogens with two attached hydrogens (primary N) is 3. The van der Waals surface area contributed by atoms with Crippen LogP contribution in [-0.4, -0.2) is 125 Å². The predicted octanol–water partition coefficient (Wildman–Crippen LogP) is -5.79. The molecule has 262 valence electrons. The van der Waals surface area contributed by atoms with Crippen LogP contribution in [0.25, 0.3) is 0 Å². The number of aliphatic imine (C=N–C) groups is 1. The van der Waals surface area contributed by atoms with Crippen molar-refractivity contribution in [2.24, 2.45) is 22.2 Å². The Kier molecular flexibility index (Phi) is 19.8. The van der Waals surface area contributed by atoms with E-state index in [4.69, 9.17) is 22.3 Å². The van der Waals surface area contributed by atoms with Crippen LogP contribution in [0, 0.1) is 0 Å². The number of unbranched alkanes of at least 4 members (excludes halogenated alkanes) is 1. The normalized spacial score (nSPS) is 14.6. The number of aliphatic carboxylic acids is 1. The molecule has 6 amide bonds. The summed E-state index contributed by atoms with van der Waals surface area (Å²) in [5.41, 5.74) is 16.1. The van der Waals surface area contributed by atoms with E-state index in [9.17, 15) is 43.8 Å². The quantitative estimate of drug-likeness (QED) is 0.0293. The fraction of sp³-hybridized carbons (Fsp3) is 0.692. The number of carboxylic acids is 1. The lowest BCUT2D eigenvalue weighted by Crippen LogP contribution is -2.60. The fourth-order valence-electron chi connectivity index (χ4n) is 3.76. The minimum atomic E-state index is -1.60. The highest BCUT2D eigenvalue weighted by molar-refractivity contribution is 5.96. The average molecular weight is 661 g/mol. The molecule has 0 saturated heterocycles. The van der Waals surface area contributed by atoms with Crippen molar-refractivity contribution in [2.45, 2.75) is 89.1 Å². The maximum atomic E-state index is 13.1. The largest absolute Gasteiger partial charge is 0.480 e. The Morgan fingerprint density at radius 3 is 1.52 bits per heavy atom. The van der Waals surface area contributed by atoms with E-state index in [2.05, 4.69) is 36.9 Å². The van der Waals surface area contributed by atoms with Crippen LogP contribution < -0.4 is 49.1 Å². The van der Waals surface area contributed by atoms with Crippen molar-refractivity contribution in [1.82, 2.24) is 31.9 Å². The monoisotopic (exact) mass is 660 g/mol. The van der Waals surface area contributed by atoms with Gasteiger partial charge in [-0.1, -0.05) is 0 Å². The summed E-state index contributed by atoms with van der Waals surface area (Å²) in [7, 11) is 0. The molecule has 0 heterocycles. The Morgan fingerprint density at radius 1 is 0.630 bits per heavy atom. The zero-order valence-corrected chi connectivity index (χ0v) is 26.2. The number of hydrogen-bond acceptors (Lipinski definition) is 11. The third-order valence-electron chi connectivity index (χ3n) is 6.33. The number of amides is 6. The van der Waals surface area contributed by atoms with Gasteiger partial charge in [-0.05, 0) is 52.5 Å². The summed E-state index contributed by atoms with van der Waals surface area (Å²) < 4.78 is 0. The molecule has 46 heavy (non-hydrogen) atoms. The first-order chi connectivity index (χ1) is 21.6. The van der Waals surface area contributed by atoms with Crippen molar-refractivity contribution >= 4 is 47.4 Å². The first-order valence-corrected chi connectivity index (χ1v) is 14.6. The summed E-state index contributed by atoms with van der Waals surface area (Å²) in [6.07, 6.45) is 1.05. The van der Waals surface area contributed by atoms with E-state index in [1.807, 2.05) is 0 Å². The maximum Gasteiger partial charge on any atom is 0.325 e. The molecule has 20 nitrogen and oxygen atoms in total. The number of carboxylic acid groups (broad SMARTS) is 1. The average Bonchev–Trinajstić information content (AvgIpc) is 2.98. The number of aliphatic hydroxyl groups is 2. The number of rotatable bonds is 22. The van der Waals surface area contributed by atoms with E-state index >= 15 is 0 Å². The molecular formula is C26H48N10O10. The van der Waals surface area contributed by atoms with Crippen molar-refractivity contribution in [2.75, 3.05) is 26.3 Å². The van der Waals surface area contributed by atoms with Crippen molar-refractivity contribution in [1.29, 1.82) is 0 Å². The van der Waals surface area contributed by atoms with Gasteiger partial charge in [0.2, 0.25) is 35.4 Å². The second-order valence-corrected chi connectivity index (χ2v) is 10.3. The lowest BCUT2D eigenvalue weighted by Gasteiger charge is -2.26. The highest BCUT2D eigenvalue weighted by Gasteiger charge is 2.31. The topological polar surface area (TPSA) is 343 Å². The molecule has 0 aliphatic heterocycles. The summed E-state index contributed by atoms with van der Waals surface area (Å²) in [6.45, 7) is 2.36. The molecule has 0 radical (unpaired) electrons. The Balaban J connectivity index is 5.79. The van der Waals surface area contributed by atoms with Gasteiger partial charge in [-0.3, -0.25) is 38.6 Å². The van der Waals surface area contributed by atoms with E-state index in [1.165, 1.54) is 13.8 Å². The van der Waals surface area contributed by atoms with Crippen LogP contribution in [0.1, 0.15) is 52.9 Å². The zero-order chi connectivity index (χ0) is 35.4. The minimum absolute atomic E-state index is 0.0518. The van der Waals surface area contributed by atoms with Crippen LogP contribution in [0.4, 0.5) is 0 Å². The molecule has 0 aromatic rings. The molecule has 0 saturated carbocycles. The standard InChI is InChI=1S/C26H48N10O10/c1-13(20(40)32-14(2)25(45)46)31-21(41)17(8-6-10-30-26(28)29)35-24(44)19(12-38)36-22(42)16(7-4-5-9-27)34-23(43)18(11-37)33-15(3)39/h13-14,16-19,37-38H,4-12,27H2,1-3H3,(H,31,41)(H,32,40)(H,33,39)(H,34,43)(H,35,44)(H,36,42)(H,45,46)(H4,28,29,30)/t13-,14-,16-,17-,18-,19-/m0/s1. The van der Waals surface area contributed by atoms with Crippen LogP contribution in [0.2, 0.25) is 0 Å². The van der Waals surface area contributed by atoms with Crippen LogP contribution in [0.5, 0.6) is 0 Å². The first-order valence-electron chi connectivity index (χ1n) is 14.6. The molecule has 0 aromatic heterocycles. The molecule has 0 aliphatic carbocycles. The number of carbonyl (C=O) groups is 7. The molecule has 20 heteroatoms. The third kappa shape index (κ3) is 16.5. The Hall–Kier alpha value is -4.56. The van der Waals surface area contributed by atoms with Gasteiger partial charge in [0.25, 0.3) is 0 Å². The number of guanidine groups is 1. The molecule has 6 atom stereocenters. The van der Waals surface area contributed by atoms with Gasteiger partial charge in [0, 0.05) is 13.5 Å². The summed E-state index contributed by atoms with van der Waals surface area (Å²) in [4.78, 5) is 90.4. The maximum absolute atomic E-state index is 13.1. The third-order valence-corrected chi connectivity index (χ3v) is 6.33. The molecule has 0 aliphatic rings. The lowest BCUT2D eigenvalue weighted by atomic mass is 10.1. The van der Waals surface area contributed by atoms with E-state index in [-0.39, 0.29) is 31.8 Å². The second kappa shape index (κ2) is 22.0. The highest BCUT2D eigenvalue weighted by Crippen LogP contribution is 2.05. The van der Waals surface area contributed by atoms with Gasteiger partial charge >= 0.3 is 5.97 Å². The van der Waals surface area contributed by atoms with E-state index < -0.39 is 90.9 Å². The molecule has 0 rings (SSSR count). The van der Waals surface area contributed by atoms with E-state index in [0.29, 0.717) is 19.4 Å². The molecular weight excluding hydrogens is 612 g/mol. The lowest BCUT2D eigenvalue weighted by molar-refractivity contribution is -0.141. The van der Waals surface area contributed by atoms with Crippen LogP contribution >= 0.6 is 0 Å². The Bertz CT molecular complexity index is 1090. The van der Waals surface area contributed by atoms with E-state index in [0.717, 1.165) is 6.92 Å². The summed E-state index contributed by atoms with van der Waals surface area (Å²) in [5.74, 6) is -6.50. The predicted molar refractivity (Wildman–Crippen MR) is 163 cm³/mol. The van der Waals surface area contributed by atoms with E-state index in [1.54, 1.807) is 0 Å². The Labute approximate surface area is 266 Å². The molecule has 0 unspecified atom stereocenters. The van der Waals surface area contributed by atoms with Crippen molar-refractivity contribution in [3.8, 4) is 0 Å². The molecule has 15 N–H and O–H groups in total. The SMILES string of the molecule is CC(=O)N[C@@H](CO)C(=O)N[C@@H](CCCCN)C(=O)N[C@@H](CO)C(=O)N[C@@H](CCCN=C(N)N)C(=O)N[C@@H](C)C(=O)N[C@@H](C)C(=O)O. The highest BCUT2D eigenvalue weighted by atomic mass is 16.4. The molecule has 0 spiro atoms. The smallest absolute Gasteiger partial charge is 0.325 e. The summed E-state index contributed by atoms with van der Waals surface area (Å²) in [5, 5.41) is 42.3. The van der Waals surface area contributed by atoms with Gasteiger partial charge in [-0.15, -0.1) is 0 Å². The molecule has 0 aromatic carbocycles. The van der Waals surface area contributed by atoms with Crippen LogP contribution in [0.3, 0.4) is 0 Å². The zero-order valence-electron chi connectivity index (χ0n) is 26.2. The van der Waals surface area contributed by atoms with Gasteiger partial charge in [0.15, 0.2) is 5.96 Å². The molecule has 0 bridgehead atoms. The number of hydrogen-bond donors (Lipinski definition) is 12. The fourth-order valence-corrected chi connectivity index (χ4v) is 3.76. The van der Waals surface area contributed by atoms with Crippen molar-refractivity contribution in [3.05, 3.63) is 0 Å². The minimum Gasteiger partial charge on any atom is -0.480 e. The van der Waals surface area contributed by atoms with Crippen LogP contribution in [0.15, 0.2) is 4.99 Å². The molecule has 0 fully saturated rings. The summed E-state index contributed by atoms with van der Waals surface area (Å²) in [6, 6.07) is -7.97. The van der Waals surface area contributed by atoms with Gasteiger partial charge in [-0.25, -0.2) is 0 Å².